The molecule has 0 saturated carbocycles. The van der Waals surface area contributed by atoms with E-state index in [2.05, 4.69) is 69.4 Å². The Morgan fingerprint density at radius 1 is 0.733 bits per heavy atom. The summed E-state index contributed by atoms with van der Waals surface area (Å²) in [5.74, 6) is 1.87. The van der Waals surface area contributed by atoms with Gasteiger partial charge in [0, 0.05) is 0 Å². The standard InChI is InChI=1S/C15H20/c1-15(2,3)14(12-8-4-5-9-12)13-10-6-7-11-13/h4-14H,1-3H3. The molecule has 0 saturated heterocycles. The summed E-state index contributed by atoms with van der Waals surface area (Å²) in [4.78, 5) is 0. The molecule has 15 heavy (non-hydrogen) atoms. The third kappa shape index (κ3) is 2.14. The van der Waals surface area contributed by atoms with Gasteiger partial charge in [-0.15, -0.1) is 0 Å². The normalized spacial score (nSPS) is 21.3. The smallest absolute Gasteiger partial charge is 0.000534 e. The number of hydrogen-bond acceptors (Lipinski definition) is 0. The maximum Gasteiger partial charge on any atom is -0.000534 e. The van der Waals surface area contributed by atoms with Crippen LogP contribution in [-0.2, 0) is 0 Å². The average molecular weight is 200 g/mol. The van der Waals surface area contributed by atoms with E-state index in [0.29, 0.717) is 23.2 Å². The summed E-state index contributed by atoms with van der Waals surface area (Å²) in [5, 5.41) is 0. The molecule has 2 aliphatic rings. The average Bonchev–Trinajstić information content (AvgIpc) is 2.73. The summed E-state index contributed by atoms with van der Waals surface area (Å²) < 4.78 is 0. The maximum absolute atomic E-state index is 2.34. The molecule has 0 nitrogen and oxygen atoms in total. The molecule has 2 rings (SSSR count). The van der Waals surface area contributed by atoms with E-state index in [9.17, 15) is 0 Å². The first-order valence-electron chi connectivity index (χ1n) is 5.79. The maximum atomic E-state index is 2.34. The van der Waals surface area contributed by atoms with Crippen LogP contribution in [0.5, 0.6) is 0 Å². The summed E-state index contributed by atoms with van der Waals surface area (Å²) in [6.45, 7) is 7.03. The Hall–Kier alpha value is -1.04. The minimum absolute atomic E-state index is 0.341. The zero-order chi connectivity index (χ0) is 10.9. The highest BCUT2D eigenvalue weighted by Gasteiger charge is 2.35. The quantitative estimate of drug-likeness (QED) is 0.628. The van der Waals surface area contributed by atoms with Gasteiger partial charge in [-0.1, -0.05) is 69.4 Å². The van der Waals surface area contributed by atoms with Crippen LogP contribution in [0.15, 0.2) is 48.6 Å². The zero-order valence-electron chi connectivity index (χ0n) is 9.85. The van der Waals surface area contributed by atoms with Crippen molar-refractivity contribution in [2.75, 3.05) is 0 Å². The van der Waals surface area contributed by atoms with Gasteiger partial charge in [0.1, 0.15) is 0 Å². The third-order valence-corrected chi connectivity index (χ3v) is 3.38. The first-order chi connectivity index (χ1) is 7.09. The molecule has 80 valence electrons. The van der Waals surface area contributed by atoms with Crippen molar-refractivity contribution in [1.82, 2.24) is 0 Å². The molecule has 0 bridgehead atoms. The van der Waals surface area contributed by atoms with E-state index in [4.69, 9.17) is 0 Å². The molecule has 0 spiro atoms. The van der Waals surface area contributed by atoms with Crippen LogP contribution >= 0.6 is 0 Å². The van der Waals surface area contributed by atoms with Crippen molar-refractivity contribution in [3.05, 3.63) is 48.6 Å². The summed E-state index contributed by atoms with van der Waals surface area (Å²) in [7, 11) is 0. The van der Waals surface area contributed by atoms with Crippen LogP contribution in [0.4, 0.5) is 0 Å². The van der Waals surface area contributed by atoms with Crippen LogP contribution in [0.25, 0.3) is 0 Å². The van der Waals surface area contributed by atoms with Gasteiger partial charge in [0.2, 0.25) is 0 Å². The zero-order valence-corrected chi connectivity index (χ0v) is 9.85. The molecule has 0 aromatic rings. The second-order valence-corrected chi connectivity index (χ2v) is 5.59. The monoisotopic (exact) mass is 200 g/mol. The Labute approximate surface area is 93.1 Å². The van der Waals surface area contributed by atoms with Gasteiger partial charge in [-0.2, -0.15) is 0 Å². The Bertz CT molecular complexity index is 282. The molecule has 0 N–H and O–H groups in total. The molecule has 2 aliphatic carbocycles. The Morgan fingerprint density at radius 3 is 1.33 bits per heavy atom. The van der Waals surface area contributed by atoms with Gasteiger partial charge in [0.25, 0.3) is 0 Å². The fourth-order valence-electron chi connectivity index (χ4n) is 2.79. The van der Waals surface area contributed by atoms with E-state index in [-0.39, 0.29) is 0 Å². The van der Waals surface area contributed by atoms with E-state index in [0.717, 1.165) is 0 Å². The molecule has 0 amide bonds. The van der Waals surface area contributed by atoms with Crippen molar-refractivity contribution in [2.24, 2.45) is 23.2 Å². The van der Waals surface area contributed by atoms with Crippen LogP contribution < -0.4 is 0 Å². The highest BCUT2D eigenvalue weighted by atomic mass is 14.4. The number of allylic oxidation sites excluding steroid dienone is 8. The minimum atomic E-state index is 0.341. The van der Waals surface area contributed by atoms with Crippen molar-refractivity contribution in [1.29, 1.82) is 0 Å². The predicted octanol–water partition coefficient (Wildman–Crippen LogP) is 4.13. The van der Waals surface area contributed by atoms with E-state index >= 15 is 0 Å². The fraction of sp³-hybridized carbons (Fsp3) is 0.467. The second-order valence-electron chi connectivity index (χ2n) is 5.59. The van der Waals surface area contributed by atoms with Gasteiger partial charge in [0.05, 0.1) is 0 Å². The van der Waals surface area contributed by atoms with Crippen molar-refractivity contribution < 1.29 is 0 Å². The fourth-order valence-corrected chi connectivity index (χ4v) is 2.79. The van der Waals surface area contributed by atoms with Crippen molar-refractivity contribution in [3.63, 3.8) is 0 Å². The van der Waals surface area contributed by atoms with Crippen molar-refractivity contribution >= 4 is 0 Å². The molecule has 0 heteroatoms. The van der Waals surface area contributed by atoms with Crippen LogP contribution in [0.1, 0.15) is 20.8 Å². The van der Waals surface area contributed by atoms with Crippen LogP contribution in [0.3, 0.4) is 0 Å². The first kappa shape index (κ1) is 10.5. The van der Waals surface area contributed by atoms with E-state index in [1.807, 2.05) is 0 Å². The Balaban J connectivity index is 2.23. The molecule has 0 aliphatic heterocycles. The van der Waals surface area contributed by atoms with E-state index in [1.165, 1.54) is 0 Å². The molecule has 0 aromatic heterocycles. The highest BCUT2D eigenvalue weighted by molar-refractivity contribution is 5.25. The molecule has 0 unspecified atom stereocenters. The van der Waals surface area contributed by atoms with Crippen LogP contribution in [0.2, 0.25) is 0 Å². The van der Waals surface area contributed by atoms with Gasteiger partial charge < -0.3 is 0 Å². The summed E-state index contributed by atoms with van der Waals surface area (Å²) in [5.41, 5.74) is 0.341. The molecular formula is C15H20. The van der Waals surface area contributed by atoms with Gasteiger partial charge in [0.15, 0.2) is 0 Å². The molecule has 0 fully saturated rings. The van der Waals surface area contributed by atoms with Gasteiger partial charge in [-0.05, 0) is 23.2 Å². The highest BCUT2D eigenvalue weighted by Crippen LogP contribution is 2.42. The molecule has 0 aromatic carbocycles. The lowest BCUT2D eigenvalue weighted by atomic mass is 9.67. The molecule has 0 radical (unpaired) electrons. The summed E-state index contributed by atoms with van der Waals surface area (Å²) in [6, 6.07) is 0. The predicted molar refractivity (Wildman–Crippen MR) is 66.5 cm³/mol. The van der Waals surface area contributed by atoms with Gasteiger partial charge in [-0.25, -0.2) is 0 Å². The van der Waals surface area contributed by atoms with Crippen LogP contribution in [-0.4, -0.2) is 0 Å². The SMILES string of the molecule is CC(C)(C)C(C1C=CC=C1)C1C=CC=C1. The Kier molecular flexibility index (Phi) is 2.68. The van der Waals surface area contributed by atoms with Crippen molar-refractivity contribution in [2.45, 2.75) is 20.8 Å². The van der Waals surface area contributed by atoms with Crippen LogP contribution in [0, 0.1) is 23.2 Å². The largest absolute Gasteiger partial charge is 0.0773 e. The summed E-state index contributed by atoms with van der Waals surface area (Å²) in [6.07, 6.45) is 18.0. The first-order valence-corrected chi connectivity index (χ1v) is 5.79. The second kappa shape index (κ2) is 3.84. The lowest BCUT2D eigenvalue weighted by Gasteiger charge is -2.37. The minimum Gasteiger partial charge on any atom is -0.0773 e. The number of rotatable bonds is 2. The van der Waals surface area contributed by atoms with E-state index in [1.54, 1.807) is 0 Å². The lowest BCUT2D eigenvalue weighted by molar-refractivity contribution is 0.178. The molecule has 0 atom stereocenters. The molecular weight excluding hydrogens is 180 g/mol. The number of hydrogen-bond donors (Lipinski definition) is 0. The molecule has 0 heterocycles. The van der Waals surface area contributed by atoms with Gasteiger partial charge >= 0.3 is 0 Å². The van der Waals surface area contributed by atoms with Gasteiger partial charge in [-0.3, -0.25) is 0 Å². The lowest BCUT2D eigenvalue weighted by Crippen LogP contribution is -2.31. The third-order valence-electron chi connectivity index (χ3n) is 3.38. The van der Waals surface area contributed by atoms with Crippen molar-refractivity contribution in [3.8, 4) is 0 Å². The Morgan fingerprint density at radius 2 is 1.07 bits per heavy atom. The topological polar surface area (TPSA) is 0 Å². The van der Waals surface area contributed by atoms with E-state index < -0.39 is 0 Å². The summed E-state index contributed by atoms with van der Waals surface area (Å²) >= 11 is 0.